The van der Waals surface area contributed by atoms with Gasteiger partial charge in [0, 0.05) is 25.7 Å². The maximum absolute atomic E-state index is 12.2. The number of ether oxygens (including phenoxy) is 2. The van der Waals surface area contributed by atoms with Gasteiger partial charge in [0.25, 0.3) is 5.79 Å². The van der Waals surface area contributed by atoms with E-state index in [1.807, 2.05) is 27.7 Å². The van der Waals surface area contributed by atoms with Crippen molar-refractivity contribution in [3.05, 3.63) is 0 Å². The van der Waals surface area contributed by atoms with Gasteiger partial charge in [0.1, 0.15) is 5.78 Å². The van der Waals surface area contributed by atoms with Crippen molar-refractivity contribution in [1.82, 2.24) is 0 Å². The molecular formula is C23H42O7. The van der Waals surface area contributed by atoms with E-state index in [9.17, 15) is 19.5 Å². The van der Waals surface area contributed by atoms with Gasteiger partial charge in [-0.3, -0.25) is 9.59 Å². The maximum atomic E-state index is 12.2. The number of carboxylic acids is 2. The van der Waals surface area contributed by atoms with Gasteiger partial charge in [0.2, 0.25) is 0 Å². The van der Waals surface area contributed by atoms with Crippen molar-refractivity contribution in [2.75, 3.05) is 0 Å². The minimum absolute atomic E-state index is 0.132. The lowest BCUT2D eigenvalue weighted by Gasteiger charge is -2.36. The number of unbranched alkanes of at least 4 members (excludes halogenated alkanes) is 3. The van der Waals surface area contributed by atoms with Gasteiger partial charge in [-0.25, -0.2) is 4.79 Å². The second kappa shape index (κ2) is 16.3. The molecule has 0 amide bonds. The first kappa shape index (κ1) is 28.5. The van der Waals surface area contributed by atoms with Crippen molar-refractivity contribution in [2.24, 2.45) is 0 Å². The van der Waals surface area contributed by atoms with E-state index in [2.05, 4.69) is 0 Å². The molecule has 0 unspecified atom stereocenters. The van der Waals surface area contributed by atoms with Gasteiger partial charge in [0.15, 0.2) is 0 Å². The molecule has 0 aliphatic rings. The molecule has 0 aromatic heterocycles. The molecule has 0 atom stereocenters. The zero-order valence-corrected chi connectivity index (χ0v) is 19.3. The molecule has 0 aromatic rings. The van der Waals surface area contributed by atoms with Gasteiger partial charge in [-0.05, 0) is 51.4 Å². The van der Waals surface area contributed by atoms with Gasteiger partial charge in [0.05, 0.1) is 12.2 Å². The minimum Gasteiger partial charge on any atom is -0.481 e. The fourth-order valence-corrected chi connectivity index (χ4v) is 3.38. The van der Waals surface area contributed by atoms with Gasteiger partial charge >= 0.3 is 11.9 Å². The summed E-state index contributed by atoms with van der Waals surface area (Å²) in [5.41, 5.74) is 0. The van der Waals surface area contributed by atoms with Gasteiger partial charge < -0.3 is 19.7 Å². The van der Waals surface area contributed by atoms with Gasteiger partial charge in [-0.15, -0.1) is 0 Å². The lowest BCUT2D eigenvalue weighted by atomic mass is 10.0. The van der Waals surface area contributed by atoms with Crippen molar-refractivity contribution in [2.45, 2.75) is 129 Å². The van der Waals surface area contributed by atoms with E-state index >= 15 is 0 Å². The van der Waals surface area contributed by atoms with E-state index < -0.39 is 17.7 Å². The smallest absolute Gasteiger partial charge is 0.364 e. The van der Waals surface area contributed by atoms with Crippen LogP contribution in [0.4, 0.5) is 0 Å². The molecule has 0 spiro atoms. The first-order valence-electron chi connectivity index (χ1n) is 11.6. The molecule has 0 heterocycles. The summed E-state index contributed by atoms with van der Waals surface area (Å²) in [6.45, 7) is 7.86. The van der Waals surface area contributed by atoms with E-state index in [-0.39, 0.29) is 30.8 Å². The van der Waals surface area contributed by atoms with Crippen LogP contribution < -0.4 is 0 Å². The second-order valence-corrected chi connectivity index (χ2v) is 7.87. The summed E-state index contributed by atoms with van der Waals surface area (Å²) < 4.78 is 12.0. The van der Waals surface area contributed by atoms with Gasteiger partial charge in [-0.1, -0.05) is 34.1 Å². The SMILES string of the molecule is CCC(CC)OC(CCCCC(=O)CCCCCC(=O)O)(OC(CC)CC)C(=O)O. The molecule has 0 saturated carbocycles. The predicted octanol–water partition coefficient (Wildman–Crippen LogP) is 5.34. The topological polar surface area (TPSA) is 110 Å². The normalized spacial score (nSPS) is 11.9. The lowest BCUT2D eigenvalue weighted by molar-refractivity contribution is -0.279. The number of carbonyl (C=O) groups is 3. The van der Waals surface area contributed by atoms with E-state index in [0.717, 1.165) is 6.42 Å². The molecule has 0 aliphatic carbocycles. The summed E-state index contributed by atoms with van der Waals surface area (Å²) in [6, 6.07) is 0. The summed E-state index contributed by atoms with van der Waals surface area (Å²) in [4.78, 5) is 34.7. The second-order valence-electron chi connectivity index (χ2n) is 7.87. The molecule has 2 N–H and O–H groups in total. The minimum atomic E-state index is -1.67. The van der Waals surface area contributed by atoms with Crippen molar-refractivity contribution >= 4 is 17.7 Å². The van der Waals surface area contributed by atoms with Crippen LogP contribution in [0.25, 0.3) is 0 Å². The van der Waals surface area contributed by atoms with Crippen LogP contribution in [0.1, 0.15) is 111 Å². The van der Waals surface area contributed by atoms with Crippen molar-refractivity contribution in [3.63, 3.8) is 0 Å². The molecule has 30 heavy (non-hydrogen) atoms. The summed E-state index contributed by atoms with van der Waals surface area (Å²) >= 11 is 0. The molecular weight excluding hydrogens is 388 g/mol. The van der Waals surface area contributed by atoms with Crippen LogP contribution in [0.2, 0.25) is 0 Å². The molecule has 176 valence electrons. The van der Waals surface area contributed by atoms with Crippen molar-refractivity contribution in [1.29, 1.82) is 0 Å². The molecule has 0 radical (unpaired) electrons. The van der Waals surface area contributed by atoms with Crippen molar-refractivity contribution in [3.8, 4) is 0 Å². The Bertz CT molecular complexity index is 482. The monoisotopic (exact) mass is 430 g/mol. The molecule has 0 rings (SSSR count). The molecule has 0 fully saturated rings. The third kappa shape index (κ3) is 11.6. The third-order valence-electron chi connectivity index (χ3n) is 5.42. The highest BCUT2D eigenvalue weighted by Crippen LogP contribution is 2.29. The summed E-state index contributed by atoms with van der Waals surface area (Å²) in [6.07, 6.45) is 6.75. The van der Waals surface area contributed by atoms with Crippen LogP contribution >= 0.6 is 0 Å². The van der Waals surface area contributed by atoms with E-state index in [1.54, 1.807) is 0 Å². The Morgan fingerprint density at radius 1 is 0.700 bits per heavy atom. The Morgan fingerprint density at radius 2 is 1.13 bits per heavy atom. The zero-order valence-electron chi connectivity index (χ0n) is 19.3. The fourth-order valence-electron chi connectivity index (χ4n) is 3.38. The molecule has 7 heteroatoms. The fraction of sp³-hybridized carbons (Fsp3) is 0.870. The summed E-state index contributed by atoms with van der Waals surface area (Å²) in [5.74, 6) is -3.46. The lowest BCUT2D eigenvalue weighted by Crippen LogP contribution is -2.49. The van der Waals surface area contributed by atoms with Crippen LogP contribution in [-0.4, -0.2) is 45.9 Å². The first-order valence-corrected chi connectivity index (χ1v) is 11.6. The summed E-state index contributed by atoms with van der Waals surface area (Å²) in [5, 5.41) is 18.6. The highest BCUT2D eigenvalue weighted by atomic mass is 16.7. The summed E-state index contributed by atoms with van der Waals surface area (Å²) in [7, 11) is 0. The van der Waals surface area contributed by atoms with E-state index in [0.29, 0.717) is 64.2 Å². The molecule has 0 saturated heterocycles. The van der Waals surface area contributed by atoms with E-state index in [4.69, 9.17) is 14.6 Å². The number of carboxylic acid groups (broad SMARTS) is 2. The number of rotatable bonds is 20. The number of aliphatic carboxylic acids is 2. The maximum Gasteiger partial charge on any atom is 0.364 e. The number of carbonyl (C=O) groups excluding carboxylic acids is 1. The molecule has 0 aliphatic heterocycles. The highest BCUT2D eigenvalue weighted by molar-refractivity contribution is 5.78. The van der Waals surface area contributed by atoms with Gasteiger partial charge in [-0.2, -0.15) is 0 Å². The highest BCUT2D eigenvalue weighted by Gasteiger charge is 2.44. The standard InChI is InChI=1S/C23H42O7/c1-5-19(6-2)29-23(22(27)28,30-20(7-3)8-4)17-13-12-15-18(24)14-10-9-11-16-21(25)26/h19-20H,5-17H2,1-4H3,(H,25,26)(H,27,28). The van der Waals surface area contributed by atoms with Crippen LogP contribution in [0.3, 0.4) is 0 Å². The van der Waals surface area contributed by atoms with Crippen LogP contribution in [0.5, 0.6) is 0 Å². The molecule has 7 nitrogen and oxygen atoms in total. The largest absolute Gasteiger partial charge is 0.481 e. The van der Waals surface area contributed by atoms with Crippen LogP contribution in [-0.2, 0) is 23.9 Å². The Morgan fingerprint density at radius 3 is 1.53 bits per heavy atom. The zero-order chi connectivity index (χ0) is 23.0. The molecule has 0 bridgehead atoms. The number of hydrogen-bond donors (Lipinski definition) is 2. The first-order chi connectivity index (χ1) is 14.2. The Balaban J connectivity index is 4.70. The Hall–Kier alpha value is -1.47. The van der Waals surface area contributed by atoms with Crippen molar-refractivity contribution < 1.29 is 34.1 Å². The molecule has 0 aromatic carbocycles. The quantitative estimate of drug-likeness (QED) is 0.198. The number of Topliss-reactive ketones (excluding diaryl/α,β-unsaturated/α-hetero) is 1. The van der Waals surface area contributed by atoms with Crippen LogP contribution in [0.15, 0.2) is 0 Å². The average Bonchev–Trinajstić information content (AvgIpc) is 2.72. The predicted molar refractivity (Wildman–Crippen MR) is 115 cm³/mol. The van der Waals surface area contributed by atoms with E-state index in [1.165, 1.54) is 0 Å². The Kier molecular flexibility index (Phi) is 15.5. The average molecular weight is 431 g/mol. The third-order valence-corrected chi connectivity index (χ3v) is 5.42. The Labute approximate surface area is 181 Å². The number of hydrogen-bond acceptors (Lipinski definition) is 5. The number of ketones is 1. The van der Waals surface area contributed by atoms with Crippen LogP contribution in [0, 0.1) is 0 Å².